The molecule has 3 heteroatoms. The molecular formula is C20H38ClNO. The van der Waals surface area contributed by atoms with Gasteiger partial charge in [0.05, 0.1) is 12.7 Å². The van der Waals surface area contributed by atoms with E-state index in [1.54, 1.807) is 0 Å². The topological polar surface area (TPSA) is 12.5 Å². The number of ether oxygens (including phenoxy) is 1. The van der Waals surface area contributed by atoms with E-state index in [0.29, 0.717) is 6.10 Å². The van der Waals surface area contributed by atoms with Crippen LogP contribution in [0.25, 0.3) is 0 Å². The van der Waals surface area contributed by atoms with Crippen molar-refractivity contribution in [3.63, 3.8) is 0 Å². The normalized spacial score (nSPS) is 25.4. The smallest absolute Gasteiger partial charge is 0.0632 e. The number of hydrogen-bond acceptors (Lipinski definition) is 2. The summed E-state index contributed by atoms with van der Waals surface area (Å²) in [5.74, 6) is 1.75. The molecule has 0 aromatic heterocycles. The molecule has 2 nitrogen and oxygen atoms in total. The standard InChI is InChI=1S/C20H37NO.ClH/c1-4-10-18(11-5-1)20(19-12-6-2-7-13-19)22-17-16-21-14-8-3-9-15-21;/h18-20H,1-17H2;1H. The van der Waals surface area contributed by atoms with Crippen LogP contribution in [0.3, 0.4) is 0 Å². The zero-order valence-electron chi connectivity index (χ0n) is 15.0. The van der Waals surface area contributed by atoms with Crippen molar-refractivity contribution < 1.29 is 4.74 Å². The molecular weight excluding hydrogens is 306 g/mol. The Balaban J connectivity index is 0.00000192. The average molecular weight is 344 g/mol. The molecule has 0 aromatic carbocycles. The highest BCUT2D eigenvalue weighted by atomic mass is 35.5. The van der Waals surface area contributed by atoms with Crippen LogP contribution < -0.4 is 0 Å². The average Bonchev–Trinajstić information content (AvgIpc) is 2.61. The summed E-state index contributed by atoms with van der Waals surface area (Å²) in [5, 5.41) is 0. The minimum absolute atomic E-state index is 0. The first-order valence-electron chi connectivity index (χ1n) is 10.3. The molecule has 0 unspecified atom stereocenters. The van der Waals surface area contributed by atoms with E-state index in [4.69, 9.17) is 4.74 Å². The SMILES string of the molecule is C1CCC(C(OCCN2CCCCC2)C2CCCCC2)CC1.Cl. The fraction of sp³-hybridized carbons (Fsp3) is 1.00. The molecule has 3 fully saturated rings. The number of likely N-dealkylation sites (tertiary alicyclic amines) is 1. The summed E-state index contributed by atoms with van der Waals surface area (Å²) < 4.78 is 6.58. The first-order chi connectivity index (χ1) is 10.9. The third-order valence-electron chi connectivity index (χ3n) is 6.40. The third-order valence-corrected chi connectivity index (χ3v) is 6.40. The first kappa shape index (κ1) is 19.5. The van der Waals surface area contributed by atoms with E-state index in [0.717, 1.165) is 18.4 Å². The van der Waals surface area contributed by atoms with Gasteiger partial charge in [-0.25, -0.2) is 0 Å². The van der Waals surface area contributed by atoms with Crippen molar-refractivity contribution in [1.82, 2.24) is 4.90 Å². The lowest BCUT2D eigenvalue weighted by molar-refractivity contribution is -0.0531. The van der Waals surface area contributed by atoms with E-state index in [-0.39, 0.29) is 12.4 Å². The van der Waals surface area contributed by atoms with Gasteiger partial charge in [0.15, 0.2) is 0 Å². The maximum Gasteiger partial charge on any atom is 0.0632 e. The number of nitrogens with zero attached hydrogens (tertiary/aromatic N) is 1. The van der Waals surface area contributed by atoms with E-state index in [2.05, 4.69) is 4.90 Å². The van der Waals surface area contributed by atoms with Gasteiger partial charge in [0.25, 0.3) is 0 Å². The largest absolute Gasteiger partial charge is 0.376 e. The van der Waals surface area contributed by atoms with E-state index >= 15 is 0 Å². The highest BCUT2D eigenvalue weighted by Crippen LogP contribution is 2.37. The molecule has 3 rings (SSSR count). The quantitative estimate of drug-likeness (QED) is 0.636. The Morgan fingerprint density at radius 1 is 0.696 bits per heavy atom. The summed E-state index contributed by atoms with van der Waals surface area (Å²) in [5.41, 5.74) is 0. The Morgan fingerprint density at radius 2 is 1.17 bits per heavy atom. The lowest BCUT2D eigenvalue weighted by atomic mass is 9.75. The Morgan fingerprint density at radius 3 is 1.70 bits per heavy atom. The minimum Gasteiger partial charge on any atom is -0.376 e. The lowest BCUT2D eigenvalue weighted by Crippen LogP contribution is -2.38. The van der Waals surface area contributed by atoms with E-state index < -0.39 is 0 Å². The minimum atomic E-state index is 0. The molecule has 136 valence electrons. The molecule has 0 aromatic rings. The van der Waals surface area contributed by atoms with Gasteiger partial charge in [-0.3, -0.25) is 0 Å². The highest BCUT2D eigenvalue weighted by molar-refractivity contribution is 5.85. The summed E-state index contributed by atoms with van der Waals surface area (Å²) in [6.45, 7) is 4.77. The van der Waals surface area contributed by atoms with Gasteiger partial charge in [0.2, 0.25) is 0 Å². The second kappa shape index (κ2) is 10.9. The van der Waals surface area contributed by atoms with Gasteiger partial charge in [-0.1, -0.05) is 44.9 Å². The summed E-state index contributed by atoms with van der Waals surface area (Å²) in [4.78, 5) is 2.63. The van der Waals surface area contributed by atoms with Gasteiger partial charge >= 0.3 is 0 Å². The van der Waals surface area contributed by atoms with Gasteiger partial charge in [0.1, 0.15) is 0 Å². The van der Waals surface area contributed by atoms with Crippen LogP contribution in [0.2, 0.25) is 0 Å². The molecule has 1 heterocycles. The Hall–Kier alpha value is 0.210. The van der Waals surface area contributed by atoms with Crippen LogP contribution in [0.4, 0.5) is 0 Å². The van der Waals surface area contributed by atoms with Crippen LogP contribution >= 0.6 is 12.4 Å². The molecule has 0 atom stereocenters. The second-order valence-corrected chi connectivity index (χ2v) is 8.03. The van der Waals surface area contributed by atoms with Crippen LogP contribution in [0.5, 0.6) is 0 Å². The first-order valence-corrected chi connectivity index (χ1v) is 10.3. The maximum atomic E-state index is 6.58. The van der Waals surface area contributed by atoms with Crippen LogP contribution in [0.1, 0.15) is 83.5 Å². The van der Waals surface area contributed by atoms with Crippen molar-refractivity contribution in [3.05, 3.63) is 0 Å². The summed E-state index contributed by atoms with van der Waals surface area (Å²) >= 11 is 0. The Kier molecular flexibility index (Phi) is 9.30. The van der Waals surface area contributed by atoms with Crippen molar-refractivity contribution in [1.29, 1.82) is 0 Å². The van der Waals surface area contributed by atoms with Crippen LogP contribution in [0, 0.1) is 11.8 Å². The zero-order chi connectivity index (χ0) is 15.0. The molecule has 0 N–H and O–H groups in total. The fourth-order valence-corrected chi connectivity index (χ4v) is 5.08. The Labute approximate surface area is 150 Å². The highest BCUT2D eigenvalue weighted by Gasteiger charge is 2.32. The summed E-state index contributed by atoms with van der Waals surface area (Å²) in [6, 6.07) is 0. The third kappa shape index (κ3) is 6.21. The molecule has 0 bridgehead atoms. The van der Waals surface area contributed by atoms with Crippen molar-refractivity contribution in [2.75, 3.05) is 26.2 Å². The number of hydrogen-bond donors (Lipinski definition) is 0. The predicted octanol–water partition coefficient (Wildman–Crippen LogP) is 5.44. The monoisotopic (exact) mass is 343 g/mol. The molecule has 1 saturated heterocycles. The van der Waals surface area contributed by atoms with Gasteiger partial charge in [0, 0.05) is 6.54 Å². The number of rotatable bonds is 6. The van der Waals surface area contributed by atoms with Gasteiger partial charge in [-0.05, 0) is 63.5 Å². The van der Waals surface area contributed by atoms with Crippen LogP contribution in [-0.2, 0) is 4.74 Å². The van der Waals surface area contributed by atoms with Gasteiger partial charge < -0.3 is 9.64 Å². The molecule has 1 aliphatic heterocycles. The maximum absolute atomic E-state index is 6.58. The molecule has 0 spiro atoms. The van der Waals surface area contributed by atoms with Gasteiger partial charge in [-0.15, -0.1) is 12.4 Å². The van der Waals surface area contributed by atoms with E-state index in [1.165, 1.54) is 103 Å². The lowest BCUT2D eigenvalue weighted by Gasteiger charge is -2.38. The molecule has 2 saturated carbocycles. The molecule has 0 radical (unpaired) electrons. The van der Waals surface area contributed by atoms with E-state index in [9.17, 15) is 0 Å². The zero-order valence-corrected chi connectivity index (χ0v) is 15.8. The molecule has 0 amide bonds. The number of halogens is 1. The van der Waals surface area contributed by atoms with Crippen molar-refractivity contribution >= 4 is 12.4 Å². The van der Waals surface area contributed by atoms with Crippen molar-refractivity contribution in [3.8, 4) is 0 Å². The number of piperidine rings is 1. The predicted molar refractivity (Wildman–Crippen MR) is 100 cm³/mol. The molecule has 3 aliphatic rings. The summed E-state index contributed by atoms with van der Waals surface area (Å²) in [7, 11) is 0. The van der Waals surface area contributed by atoms with E-state index in [1.807, 2.05) is 0 Å². The van der Waals surface area contributed by atoms with Crippen LogP contribution in [0.15, 0.2) is 0 Å². The Bertz CT molecular complexity index is 276. The fourth-order valence-electron chi connectivity index (χ4n) is 5.08. The molecule has 23 heavy (non-hydrogen) atoms. The summed E-state index contributed by atoms with van der Waals surface area (Å²) in [6.07, 6.45) is 19.3. The van der Waals surface area contributed by atoms with Crippen molar-refractivity contribution in [2.24, 2.45) is 11.8 Å². The second-order valence-electron chi connectivity index (χ2n) is 8.03. The van der Waals surface area contributed by atoms with Crippen molar-refractivity contribution in [2.45, 2.75) is 89.6 Å². The molecule has 2 aliphatic carbocycles. The van der Waals surface area contributed by atoms with Crippen LogP contribution in [-0.4, -0.2) is 37.2 Å². The van der Waals surface area contributed by atoms with Gasteiger partial charge in [-0.2, -0.15) is 0 Å².